The maximum atomic E-state index is 13.0. The van der Waals surface area contributed by atoms with Gasteiger partial charge in [0, 0.05) is 0 Å². The lowest BCUT2D eigenvalue weighted by Gasteiger charge is -2.15. The van der Waals surface area contributed by atoms with E-state index in [1.165, 1.54) is 42.5 Å². The van der Waals surface area contributed by atoms with Gasteiger partial charge in [0.05, 0.1) is 32.2 Å². The smallest absolute Gasteiger partial charge is 0.335 e. The maximum absolute atomic E-state index is 13.0. The van der Waals surface area contributed by atoms with Crippen LogP contribution in [-0.2, 0) is 9.84 Å². The van der Waals surface area contributed by atoms with Crippen LogP contribution in [0.2, 0.25) is 0 Å². The molecular weight excluding hydrogens is 418 g/mol. The summed E-state index contributed by atoms with van der Waals surface area (Å²) in [4.78, 5) is 37.6. The number of aromatic carboxylic acids is 1. The van der Waals surface area contributed by atoms with Gasteiger partial charge in [0.15, 0.2) is 0 Å². The molecule has 0 radical (unpaired) electrons. The third-order valence-electron chi connectivity index (χ3n) is 5.33. The van der Waals surface area contributed by atoms with Crippen LogP contribution in [0.1, 0.15) is 42.2 Å². The van der Waals surface area contributed by atoms with Crippen LogP contribution in [0.5, 0.6) is 0 Å². The number of benzene rings is 3. The van der Waals surface area contributed by atoms with Gasteiger partial charge in [0.25, 0.3) is 11.8 Å². The Morgan fingerprint density at radius 3 is 2.00 bits per heavy atom. The van der Waals surface area contributed by atoms with E-state index in [1.54, 1.807) is 12.1 Å². The molecule has 1 aliphatic rings. The zero-order valence-corrected chi connectivity index (χ0v) is 17.4. The molecule has 0 spiro atoms. The molecule has 0 aliphatic carbocycles. The van der Waals surface area contributed by atoms with E-state index in [9.17, 15) is 22.8 Å². The lowest BCUT2D eigenvalue weighted by Crippen LogP contribution is -2.29. The monoisotopic (exact) mass is 435 g/mol. The van der Waals surface area contributed by atoms with Crippen molar-refractivity contribution in [2.24, 2.45) is 0 Å². The average Bonchev–Trinajstić information content (AvgIpc) is 3.00. The Kier molecular flexibility index (Phi) is 4.74. The van der Waals surface area contributed by atoms with Crippen molar-refractivity contribution in [2.45, 2.75) is 23.6 Å². The van der Waals surface area contributed by atoms with Crippen molar-refractivity contribution < 1.29 is 27.9 Å². The summed E-state index contributed by atoms with van der Waals surface area (Å²) in [6, 6.07) is 13.8. The van der Waals surface area contributed by atoms with Gasteiger partial charge < -0.3 is 5.11 Å². The highest BCUT2D eigenvalue weighted by molar-refractivity contribution is 7.91. The molecule has 2 amide bonds. The summed E-state index contributed by atoms with van der Waals surface area (Å²) in [7, 11) is -4.01. The molecule has 8 heteroatoms. The van der Waals surface area contributed by atoms with Gasteiger partial charge in [-0.15, -0.1) is 0 Å². The Labute approximate surface area is 178 Å². The summed E-state index contributed by atoms with van der Waals surface area (Å²) < 4.78 is 26.0. The van der Waals surface area contributed by atoms with Gasteiger partial charge in [-0.1, -0.05) is 6.07 Å². The minimum absolute atomic E-state index is 0.00598. The van der Waals surface area contributed by atoms with Gasteiger partial charge in [-0.25, -0.2) is 18.1 Å². The largest absolute Gasteiger partial charge is 0.478 e. The first-order valence-corrected chi connectivity index (χ1v) is 10.8. The van der Waals surface area contributed by atoms with Crippen LogP contribution >= 0.6 is 0 Å². The molecule has 0 atom stereocenters. The van der Waals surface area contributed by atoms with E-state index >= 15 is 0 Å². The van der Waals surface area contributed by atoms with E-state index in [2.05, 4.69) is 0 Å². The highest BCUT2D eigenvalue weighted by atomic mass is 32.2. The summed E-state index contributed by atoms with van der Waals surface area (Å²) >= 11 is 0. The number of carbonyl (C=O) groups is 3. The van der Waals surface area contributed by atoms with Crippen LogP contribution < -0.4 is 4.90 Å². The quantitative estimate of drug-likeness (QED) is 0.627. The van der Waals surface area contributed by atoms with E-state index < -0.39 is 27.6 Å². The van der Waals surface area contributed by atoms with Crippen molar-refractivity contribution in [3.63, 3.8) is 0 Å². The first-order valence-electron chi connectivity index (χ1n) is 9.30. The Bertz CT molecular complexity index is 1370. The molecule has 3 aromatic rings. The fourth-order valence-corrected chi connectivity index (χ4v) is 4.69. The number of anilines is 1. The minimum Gasteiger partial charge on any atom is -0.478 e. The number of rotatable bonds is 4. The number of carbonyl (C=O) groups excluding carboxylic acids is 2. The number of aryl methyl sites for hydroxylation is 2. The number of carboxylic acids is 1. The fraction of sp³-hybridized carbons (Fsp3) is 0.0870. The predicted octanol–water partition coefficient (Wildman–Crippen LogP) is 3.64. The number of hydrogen-bond acceptors (Lipinski definition) is 5. The number of carboxylic acid groups (broad SMARTS) is 1. The van der Waals surface area contributed by atoms with Crippen LogP contribution in [0.25, 0.3) is 0 Å². The summed E-state index contributed by atoms with van der Waals surface area (Å²) in [5.74, 6) is -2.28. The third kappa shape index (κ3) is 3.30. The number of sulfone groups is 1. The number of fused-ring (bicyclic) bond motifs is 1. The van der Waals surface area contributed by atoms with Crippen LogP contribution in [0.3, 0.4) is 0 Å². The molecule has 1 aliphatic heterocycles. The molecule has 0 bridgehead atoms. The van der Waals surface area contributed by atoms with Gasteiger partial charge in [-0.2, -0.15) is 0 Å². The van der Waals surface area contributed by atoms with E-state index in [0.29, 0.717) is 5.69 Å². The molecule has 4 rings (SSSR count). The number of amides is 2. The molecule has 1 N–H and O–H groups in total. The van der Waals surface area contributed by atoms with Crippen LogP contribution in [0.4, 0.5) is 5.69 Å². The lowest BCUT2D eigenvalue weighted by molar-refractivity contribution is 0.0696. The Morgan fingerprint density at radius 1 is 0.774 bits per heavy atom. The SMILES string of the molecule is Cc1ccc(N2C(=O)c3ccc(S(=O)(=O)c4ccc(C(=O)O)cc4)cc3C2=O)cc1C. The third-order valence-corrected chi connectivity index (χ3v) is 7.10. The van der Waals surface area contributed by atoms with Gasteiger partial charge >= 0.3 is 5.97 Å². The lowest BCUT2D eigenvalue weighted by atomic mass is 10.1. The Morgan fingerprint density at radius 2 is 1.39 bits per heavy atom. The standard InChI is InChI=1S/C23H17NO6S/c1-13-3-6-16(11-14(13)2)24-21(25)19-10-9-18(12-20(19)22(24)26)31(29,30)17-7-4-15(5-8-17)23(27)28/h3-12H,1-2H3,(H,27,28). The molecule has 7 nitrogen and oxygen atoms in total. The van der Waals surface area contributed by atoms with Crippen molar-refractivity contribution in [3.05, 3.63) is 88.5 Å². The summed E-state index contributed by atoms with van der Waals surface area (Å²) in [6.45, 7) is 3.79. The second-order valence-electron chi connectivity index (χ2n) is 7.25. The van der Waals surface area contributed by atoms with Gasteiger partial charge in [-0.05, 0) is 79.6 Å². The topological polar surface area (TPSA) is 109 Å². The first-order chi connectivity index (χ1) is 14.6. The summed E-state index contributed by atoms with van der Waals surface area (Å²) in [6.07, 6.45) is 0. The van der Waals surface area contributed by atoms with Gasteiger partial charge in [0.1, 0.15) is 0 Å². The maximum Gasteiger partial charge on any atom is 0.335 e. The van der Waals surface area contributed by atoms with E-state index in [-0.39, 0.29) is 26.5 Å². The zero-order chi connectivity index (χ0) is 22.5. The predicted molar refractivity (Wildman–Crippen MR) is 112 cm³/mol. The number of imide groups is 1. The highest BCUT2D eigenvalue weighted by Gasteiger charge is 2.38. The van der Waals surface area contributed by atoms with E-state index in [1.807, 2.05) is 19.9 Å². The summed E-state index contributed by atoms with van der Waals surface area (Å²) in [5.41, 5.74) is 2.44. The molecule has 3 aromatic carbocycles. The zero-order valence-electron chi connectivity index (χ0n) is 16.6. The van der Waals surface area contributed by atoms with E-state index in [4.69, 9.17) is 5.11 Å². The Balaban J connectivity index is 1.74. The molecule has 0 fully saturated rings. The van der Waals surface area contributed by atoms with Crippen molar-refractivity contribution >= 4 is 33.3 Å². The fourth-order valence-electron chi connectivity index (χ4n) is 3.40. The molecule has 156 valence electrons. The van der Waals surface area contributed by atoms with Crippen LogP contribution in [0, 0.1) is 13.8 Å². The number of hydrogen-bond donors (Lipinski definition) is 1. The van der Waals surface area contributed by atoms with E-state index in [0.717, 1.165) is 16.0 Å². The first kappa shape index (κ1) is 20.5. The van der Waals surface area contributed by atoms with Crippen molar-refractivity contribution in [1.82, 2.24) is 0 Å². The van der Waals surface area contributed by atoms with Crippen LogP contribution in [-0.4, -0.2) is 31.3 Å². The molecule has 1 heterocycles. The van der Waals surface area contributed by atoms with Crippen LogP contribution in [0.15, 0.2) is 70.5 Å². The average molecular weight is 435 g/mol. The Hall–Kier alpha value is -3.78. The minimum atomic E-state index is -4.01. The van der Waals surface area contributed by atoms with Crippen molar-refractivity contribution in [3.8, 4) is 0 Å². The normalized spacial score (nSPS) is 13.4. The van der Waals surface area contributed by atoms with Crippen molar-refractivity contribution in [1.29, 1.82) is 0 Å². The molecule has 0 saturated heterocycles. The molecule has 0 aromatic heterocycles. The molecule has 0 saturated carbocycles. The second kappa shape index (κ2) is 7.17. The second-order valence-corrected chi connectivity index (χ2v) is 9.20. The van der Waals surface area contributed by atoms with Gasteiger partial charge in [0.2, 0.25) is 9.84 Å². The molecule has 0 unspecified atom stereocenters. The van der Waals surface area contributed by atoms with Gasteiger partial charge in [-0.3, -0.25) is 9.59 Å². The molecule has 31 heavy (non-hydrogen) atoms. The number of nitrogens with zero attached hydrogens (tertiary/aromatic N) is 1. The summed E-state index contributed by atoms with van der Waals surface area (Å²) in [5, 5.41) is 8.98. The molecular formula is C23H17NO6S. The van der Waals surface area contributed by atoms with Crippen molar-refractivity contribution in [2.75, 3.05) is 4.90 Å². The highest BCUT2D eigenvalue weighted by Crippen LogP contribution is 2.32.